The van der Waals surface area contributed by atoms with Crippen molar-refractivity contribution in [2.45, 2.75) is 45.8 Å². The molecule has 144 valence electrons. The minimum Gasteiger partial charge on any atom is -0.361 e. The normalized spacial score (nSPS) is 22.8. The van der Waals surface area contributed by atoms with Gasteiger partial charge in [0, 0.05) is 50.0 Å². The number of fused-ring (bicyclic) bond motifs is 4. The Bertz CT molecular complexity index is 868. The second-order valence-corrected chi connectivity index (χ2v) is 7.81. The van der Waals surface area contributed by atoms with Crippen molar-refractivity contribution in [1.82, 2.24) is 19.5 Å². The van der Waals surface area contributed by atoms with Crippen molar-refractivity contribution in [1.29, 1.82) is 0 Å². The molecule has 1 amide bonds. The molecular formula is C20H26N4O3. The number of carbonyl (C=O) groups excluding carboxylic acids is 1. The highest BCUT2D eigenvalue weighted by Gasteiger charge is 2.37. The minimum absolute atomic E-state index is 0.0391. The molecule has 7 heteroatoms. The van der Waals surface area contributed by atoms with Crippen LogP contribution in [0, 0.1) is 19.8 Å². The first-order valence-corrected chi connectivity index (χ1v) is 9.60. The average Bonchev–Trinajstić information content (AvgIpc) is 2.83. The van der Waals surface area contributed by atoms with Crippen LogP contribution in [0.2, 0.25) is 0 Å². The number of aryl methyl sites for hydroxylation is 2. The van der Waals surface area contributed by atoms with E-state index < -0.39 is 0 Å². The molecule has 3 fully saturated rings. The summed E-state index contributed by atoms with van der Waals surface area (Å²) in [4.78, 5) is 29.3. The molecule has 0 spiro atoms. The van der Waals surface area contributed by atoms with Crippen LogP contribution in [0.5, 0.6) is 0 Å². The lowest BCUT2D eigenvalue weighted by molar-refractivity contribution is -0.136. The Labute approximate surface area is 158 Å². The van der Waals surface area contributed by atoms with Crippen LogP contribution < -0.4 is 5.56 Å². The SMILES string of the molecule is Cc1noc(C)c1CN1C[C@@H]2CC[C@H](C1)N(C(=O)Cn1ccccc1=O)C2. The molecule has 2 aromatic heterocycles. The van der Waals surface area contributed by atoms with E-state index in [9.17, 15) is 9.59 Å². The van der Waals surface area contributed by atoms with Crippen molar-refractivity contribution in [3.63, 3.8) is 0 Å². The van der Waals surface area contributed by atoms with Gasteiger partial charge in [-0.3, -0.25) is 14.5 Å². The van der Waals surface area contributed by atoms with E-state index in [-0.39, 0.29) is 24.1 Å². The third kappa shape index (κ3) is 3.69. The third-order valence-electron chi connectivity index (χ3n) is 5.88. The van der Waals surface area contributed by atoms with Gasteiger partial charge in [-0.1, -0.05) is 11.2 Å². The molecular weight excluding hydrogens is 344 g/mol. The standard InChI is InChI=1S/C20H26N4O3/c1-14-18(15(2)27-21-14)12-22-9-16-6-7-17(11-22)24(10-16)20(26)13-23-8-4-3-5-19(23)25/h3-5,8,16-17H,6-7,9-13H2,1-2H3/t16-,17+/m0/s1. The Kier molecular flexibility index (Phi) is 4.86. The van der Waals surface area contributed by atoms with Gasteiger partial charge in [0.25, 0.3) is 5.56 Å². The van der Waals surface area contributed by atoms with E-state index in [4.69, 9.17) is 4.52 Å². The van der Waals surface area contributed by atoms with Crippen molar-refractivity contribution in [2.24, 2.45) is 5.92 Å². The average molecular weight is 370 g/mol. The largest absolute Gasteiger partial charge is 0.361 e. The van der Waals surface area contributed by atoms with Gasteiger partial charge in [0.2, 0.25) is 5.91 Å². The number of hydrogen-bond donors (Lipinski definition) is 0. The summed E-state index contributed by atoms with van der Waals surface area (Å²) in [5.41, 5.74) is 1.97. The fraction of sp³-hybridized carbons (Fsp3) is 0.550. The van der Waals surface area contributed by atoms with E-state index in [1.807, 2.05) is 18.7 Å². The van der Waals surface area contributed by atoms with Crippen molar-refractivity contribution >= 4 is 5.91 Å². The quantitative estimate of drug-likeness (QED) is 0.817. The fourth-order valence-electron chi connectivity index (χ4n) is 4.39. The molecule has 2 bridgehead atoms. The zero-order chi connectivity index (χ0) is 19.0. The van der Waals surface area contributed by atoms with Gasteiger partial charge in [0.15, 0.2) is 0 Å². The molecule has 0 unspecified atom stereocenters. The predicted octanol–water partition coefficient (Wildman–Crippen LogP) is 1.58. The highest BCUT2D eigenvalue weighted by atomic mass is 16.5. The van der Waals surface area contributed by atoms with E-state index in [0.29, 0.717) is 5.92 Å². The zero-order valence-corrected chi connectivity index (χ0v) is 15.9. The number of aromatic nitrogens is 2. The van der Waals surface area contributed by atoms with Gasteiger partial charge in [-0.25, -0.2) is 0 Å². The monoisotopic (exact) mass is 370 g/mol. The number of pyridine rings is 1. The van der Waals surface area contributed by atoms with Gasteiger partial charge >= 0.3 is 0 Å². The maximum atomic E-state index is 12.9. The summed E-state index contributed by atoms with van der Waals surface area (Å²) in [6.45, 7) is 7.48. The molecule has 0 aromatic carbocycles. The van der Waals surface area contributed by atoms with Gasteiger partial charge in [-0.2, -0.15) is 0 Å². The van der Waals surface area contributed by atoms with Crippen LogP contribution >= 0.6 is 0 Å². The minimum atomic E-state index is -0.133. The van der Waals surface area contributed by atoms with Gasteiger partial charge < -0.3 is 14.0 Å². The summed E-state index contributed by atoms with van der Waals surface area (Å²) in [6, 6.07) is 5.18. The van der Waals surface area contributed by atoms with Crippen molar-refractivity contribution in [3.05, 3.63) is 51.8 Å². The highest BCUT2D eigenvalue weighted by molar-refractivity contribution is 5.76. The fourth-order valence-corrected chi connectivity index (χ4v) is 4.39. The Hall–Kier alpha value is -2.41. The summed E-state index contributed by atoms with van der Waals surface area (Å²) in [5.74, 6) is 1.39. The smallest absolute Gasteiger partial charge is 0.250 e. The summed E-state index contributed by atoms with van der Waals surface area (Å²) in [6.07, 6.45) is 3.86. The molecule has 27 heavy (non-hydrogen) atoms. The second kappa shape index (κ2) is 7.31. The number of rotatable bonds is 4. The number of piperidine rings is 1. The van der Waals surface area contributed by atoms with Crippen molar-refractivity contribution < 1.29 is 9.32 Å². The zero-order valence-electron chi connectivity index (χ0n) is 15.9. The topological polar surface area (TPSA) is 71.6 Å². The number of amides is 1. The highest BCUT2D eigenvalue weighted by Crippen LogP contribution is 2.29. The summed E-state index contributed by atoms with van der Waals surface area (Å²) in [5, 5.41) is 4.06. The van der Waals surface area contributed by atoms with Crippen LogP contribution in [0.15, 0.2) is 33.7 Å². The molecule has 0 N–H and O–H groups in total. The molecule has 0 radical (unpaired) electrons. The van der Waals surface area contributed by atoms with Gasteiger partial charge in [0.1, 0.15) is 12.3 Å². The van der Waals surface area contributed by atoms with Gasteiger partial charge in [0.05, 0.1) is 5.69 Å². The van der Waals surface area contributed by atoms with Crippen LogP contribution in [-0.4, -0.2) is 51.1 Å². The molecule has 5 heterocycles. The van der Waals surface area contributed by atoms with Crippen LogP contribution in [0.1, 0.15) is 29.9 Å². The number of nitrogens with zero attached hydrogens (tertiary/aromatic N) is 4. The first-order chi connectivity index (χ1) is 13.0. The van der Waals surface area contributed by atoms with E-state index >= 15 is 0 Å². The molecule has 7 nitrogen and oxygen atoms in total. The summed E-state index contributed by atoms with van der Waals surface area (Å²) in [7, 11) is 0. The van der Waals surface area contributed by atoms with Crippen molar-refractivity contribution in [2.75, 3.05) is 19.6 Å². The first kappa shape index (κ1) is 18.0. The molecule has 2 aromatic rings. The maximum Gasteiger partial charge on any atom is 0.250 e. The van der Waals surface area contributed by atoms with E-state index in [0.717, 1.165) is 56.0 Å². The molecule has 3 aliphatic rings. The second-order valence-electron chi connectivity index (χ2n) is 7.81. The maximum absolute atomic E-state index is 12.9. The molecule has 2 atom stereocenters. The molecule has 5 rings (SSSR count). The lowest BCUT2D eigenvalue weighted by Crippen LogP contribution is -2.49. The van der Waals surface area contributed by atoms with E-state index in [1.54, 1.807) is 18.3 Å². The van der Waals surface area contributed by atoms with Crippen LogP contribution in [-0.2, 0) is 17.9 Å². The molecule has 0 saturated carbocycles. The molecule has 3 aliphatic heterocycles. The Morgan fingerprint density at radius 2 is 2.07 bits per heavy atom. The lowest BCUT2D eigenvalue weighted by Gasteiger charge is -2.36. The molecule has 0 aliphatic carbocycles. The third-order valence-corrected chi connectivity index (χ3v) is 5.88. The Morgan fingerprint density at radius 1 is 1.22 bits per heavy atom. The van der Waals surface area contributed by atoms with Crippen LogP contribution in [0.25, 0.3) is 0 Å². The van der Waals surface area contributed by atoms with E-state index in [1.165, 1.54) is 10.6 Å². The summed E-state index contributed by atoms with van der Waals surface area (Å²) < 4.78 is 6.79. The summed E-state index contributed by atoms with van der Waals surface area (Å²) >= 11 is 0. The predicted molar refractivity (Wildman–Crippen MR) is 100 cm³/mol. The Morgan fingerprint density at radius 3 is 2.81 bits per heavy atom. The van der Waals surface area contributed by atoms with Gasteiger partial charge in [-0.05, 0) is 38.7 Å². The number of carbonyl (C=O) groups is 1. The van der Waals surface area contributed by atoms with Gasteiger partial charge in [-0.15, -0.1) is 0 Å². The first-order valence-electron chi connectivity index (χ1n) is 9.60. The van der Waals surface area contributed by atoms with Crippen LogP contribution in [0.3, 0.4) is 0 Å². The molecule has 3 saturated heterocycles. The Balaban J connectivity index is 1.47. The van der Waals surface area contributed by atoms with E-state index in [2.05, 4.69) is 10.1 Å². The van der Waals surface area contributed by atoms with Crippen molar-refractivity contribution in [3.8, 4) is 0 Å². The van der Waals surface area contributed by atoms with Crippen LogP contribution in [0.4, 0.5) is 0 Å². The number of hydrogen-bond acceptors (Lipinski definition) is 5. The lowest BCUT2D eigenvalue weighted by atomic mass is 9.95.